The Morgan fingerprint density at radius 3 is 2.48 bits per heavy atom. The molecule has 7 atom stereocenters. The zero-order valence-corrected chi connectivity index (χ0v) is 15.3. The average molecular weight is 322 g/mol. The van der Waals surface area contributed by atoms with Crippen molar-refractivity contribution in [3.63, 3.8) is 0 Å². The Labute approximate surface area is 140 Å². The first-order valence-corrected chi connectivity index (χ1v) is 9.49. The van der Waals surface area contributed by atoms with Crippen LogP contribution in [0.2, 0.25) is 0 Å². The topological polar surface area (TPSA) is 57.5 Å². The summed E-state index contributed by atoms with van der Waals surface area (Å²) in [7, 11) is 0. The van der Waals surface area contributed by atoms with E-state index < -0.39 is 6.10 Å². The summed E-state index contributed by atoms with van der Waals surface area (Å²) in [4.78, 5) is 12.3. The second-order valence-corrected chi connectivity index (χ2v) is 9.58. The van der Waals surface area contributed by atoms with Gasteiger partial charge in [-0.25, -0.2) is 0 Å². The molecule has 3 rings (SSSR count). The van der Waals surface area contributed by atoms with E-state index in [1.165, 1.54) is 0 Å². The van der Waals surface area contributed by atoms with Crippen LogP contribution >= 0.6 is 0 Å². The van der Waals surface area contributed by atoms with Gasteiger partial charge in [-0.3, -0.25) is 4.79 Å². The lowest BCUT2D eigenvalue weighted by Gasteiger charge is -2.64. The van der Waals surface area contributed by atoms with Crippen LogP contribution in [0.15, 0.2) is 0 Å². The highest BCUT2D eigenvalue weighted by Gasteiger charge is 2.60. The second kappa shape index (κ2) is 5.56. The standard InChI is InChI=1S/C20H34O3/c1-13-15(22)5-6-16-19(13,3)8-7-14-11-18(2,17(23)12-21)9-10-20(14,16)4/h13-14,16-17,21,23H,5-12H2,1-4H3/t13-,14+,16+,17+,18+,19+,20+/m1/s1. The molecule has 0 radical (unpaired) electrons. The number of hydrogen-bond acceptors (Lipinski definition) is 3. The summed E-state index contributed by atoms with van der Waals surface area (Å²) in [6.07, 6.45) is 6.60. The van der Waals surface area contributed by atoms with E-state index in [1.807, 2.05) is 0 Å². The van der Waals surface area contributed by atoms with Gasteiger partial charge in [-0.2, -0.15) is 0 Å². The Bertz CT molecular complexity index is 489. The zero-order chi connectivity index (χ0) is 17.0. The van der Waals surface area contributed by atoms with Gasteiger partial charge in [-0.1, -0.05) is 27.7 Å². The fraction of sp³-hybridized carbons (Fsp3) is 0.950. The van der Waals surface area contributed by atoms with Gasteiger partial charge in [0.15, 0.2) is 0 Å². The van der Waals surface area contributed by atoms with Crippen LogP contribution in [0.4, 0.5) is 0 Å². The van der Waals surface area contributed by atoms with Gasteiger partial charge < -0.3 is 10.2 Å². The number of aliphatic hydroxyl groups excluding tert-OH is 2. The second-order valence-electron chi connectivity index (χ2n) is 9.58. The predicted octanol–water partition coefficient (Wildman–Crippen LogP) is 3.57. The van der Waals surface area contributed by atoms with Crippen molar-refractivity contribution in [2.45, 2.75) is 78.7 Å². The highest BCUT2D eigenvalue weighted by molar-refractivity contribution is 5.82. The Balaban J connectivity index is 1.88. The maximum Gasteiger partial charge on any atom is 0.136 e. The van der Waals surface area contributed by atoms with Crippen LogP contribution in [-0.2, 0) is 4.79 Å². The predicted molar refractivity (Wildman–Crippen MR) is 90.9 cm³/mol. The Morgan fingerprint density at radius 2 is 1.83 bits per heavy atom. The molecule has 0 spiro atoms. The van der Waals surface area contributed by atoms with Gasteiger partial charge in [-0.05, 0) is 66.6 Å². The number of carbonyl (C=O) groups is 1. The third-order valence-corrected chi connectivity index (χ3v) is 8.63. The Kier molecular flexibility index (Phi) is 4.21. The minimum Gasteiger partial charge on any atom is -0.394 e. The van der Waals surface area contributed by atoms with Crippen LogP contribution in [0.5, 0.6) is 0 Å². The van der Waals surface area contributed by atoms with E-state index in [1.54, 1.807) is 0 Å². The van der Waals surface area contributed by atoms with Gasteiger partial charge in [0.05, 0.1) is 12.7 Å². The fourth-order valence-electron chi connectivity index (χ4n) is 6.53. The lowest BCUT2D eigenvalue weighted by molar-refractivity contribution is -0.169. The SMILES string of the molecule is C[C@@H]1C(=O)CC[C@@H]2[C@@]3(C)CC[C@](C)([C@@H](O)CO)C[C@@H]3CC[C@]21C. The first kappa shape index (κ1) is 17.4. The molecule has 23 heavy (non-hydrogen) atoms. The average Bonchev–Trinajstić information content (AvgIpc) is 2.52. The zero-order valence-electron chi connectivity index (χ0n) is 15.3. The molecular formula is C20H34O3. The van der Waals surface area contributed by atoms with Crippen LogP contribution in [-0.4, -0.2) is 28.7 Å². The van der Waals surface area contributed by atoms with Crippen molar-refractivity contribution in [2.75, 3.05) is 6.61 Å². The quantitative estimate of drug-likeness (QED) is 0.817. The third-order valence-electron chi connectivity index (χ3n) is 8.63. The molecule has 0 aromatic heterocycles. The molecule has 0 aromatic rings. The summed E-state index contributed by atoms with van der Waals surface area (Å²) in [5.41, 5.74) is 0.295. The summed E-state index contributed by atoms with van der Waals surface area (Å²) < 4.78 is 0. The lowest BCUT2D eigenvalue weighted by atomic mass is 9.41. The van der Waals surface area contributed by atoms with E-state index >= 15 is 0 Å². The molecule has 2 N–H and O–H groups in total. The molecule has 132 valence electrons. The normalized spacial score (nSPS) is 51.7. The minimum atomic E-state index is -0.604. The van der Waals surface area contributed by atoms with E-state index in [4.69, 9.17) is 0 Å². The Hall–Kier alpha value is -0.410. The maximum atomic E-state index is 12.3. The summed E-state index contributed by atoms with van der Waals surface area (Å²) in [5, 5.41) is 19.7. The number of hydrogen-bond donors (Lipinski definition) is 2. The molecule has 3 nitrogen and oxygen atoms in total. The highest BCUT2D eigenvalue weighted by atomic mass is 16.3. The number of carbonyl (C=O) groups excluding carboxylic acids is 1. The molecular weight excluding hydrogens is 288 g/mol. The molecule has 0 amide bonds. The number of ketones is 1. The van der Waals surface area contributed by atoms with Crippen LogP contribution in [0.3, 0.4) is 0 Å². The van der Waals surface area contributed by atoms with E-state index in [2.05, 4.69) is 27.7 Å². The van der Waals surface area contributed by atoms with E-state index in [9.17, 15) is 15.0 Å². The van der Waals surface area contributed by atoms with Crippen LogP contribution < -0.4 is 0 Å². The van der Waals surface area contributed by atoms with Gasteiger partial charge in [0.1, 0.15) is 5.78 Å². The highest BCUT2D eigenvalue weighted by Crippen LogP contribution is 2.66. The van der Waals surface area contributed by atoms with Crippen molar-refractivity contribution in [3.8, 4) is 0 Å². The Morgan fingerprint density at radius 1 is 1.13 bits per heavy atom. The summed E-state index contributed by atoms with van der Waals surface area (Å²) in [6, 6.07) is 0. The van der Waals surface area contributed by atoms with E-state index in [0.717, 1.165) is 44.9 Å². The lowest BCUT2D eigenvalue weighted by Crippen LogP contribution is -2.58. The molecule has 3 fully saturated rings. The molecule has 3 aliphatic carbocycles. The smallest absolute Gasteiger partial charge is 0.136 e. The number of aliphatic hydroxyl groups is 2. The molecule has 3 aliphatic rings. The minimum absolute atomic E-state index is 0.132. The molecule has 0 bridgehead atoms. The fourth-order valence-corrected chi connectivity index (χ4v) is 6.53. The largest absolute Gasteiger partial charge is 0.394 e. The summed E-state index contributed by atoms with van der Waals surface area (Å²) in [5.74, 6) is 1.88. The third kappa shape index (κ3) is 2.41. The van der Waals surface area contributed by atoms with Crippen molar-refractivity contribution in [1.82, 2.24) is 0 Å². The van der Waals surface area contributed by atoms with Gasteiger partial charge in [-0.15, -0.1) is 0 Å². The molecule has 0 aromatic carbocycles. The van der Waals surface area contributed by atoms with Crippen molar-refractivity contribution in [1.29, 1.82) is 0 Å². The van der Waals surface area contributed by atoms with Gasteiger partial charge in [0.25, 0.3) is 0 Å². The van der Waals surface area contributed by atoms with Crippen LogP contribution in [0.1, 0.15) is 72.6 Å². The summed E-state index contributed by atoms with van der Waals surface area (Å²) in [6.45, 7) is 8.98. The number of Topliss-reactive ketones (excluding diaryl/α,β-unsaturated/α-hetero) is 1. The molecule has 0 aliphatic heterocycles. The van der Waals surface area contributed by atoms with Crippen molar-refractivity contribution < 1.29 is 15.0 Å². The van der Waals surface area contributed by atoms with Crippen LogP contribution in [0.25, 0.3) is 0 Å². The van der Waals surface area contributed by atoms with Crippen molar-refractivity contribution >= 4 is 5.78 Å². The van der Waals surface area contributed by atoms with Crippen molar-refractivity contribution in [2.24, 2.45) is 34.0 Å². The van der Waals surface area contributed by atoms with Crippen LogP contribution in [0, 0.1) is 34.0 Å². The van der Waals surface area contributed by atoms with E-state index in [-0.39, 0.29) is 28.8 Å². The first-order valence-electron chi connectivity index (χ1n) is 9.49. The molecule has 3 saturated carbocycles. The van der Waals surface area contributed by atoms with Gasteiger partial charge >= 0.3 is 0 Å². The number of fused-ring (bicyclic) bond motifs is 3. The number of rotatable bonds is 2. The monoisotopic (exact) mass is 322 g/mol. The molecule has 0 unspecified atom stereocenters. The van der Waals surface area contributed by atoms with Gasteiger partial charge in [0.2, 0.25) is 0 Å². The first-order chi connectivity index (χ1) is 10.7. The summed E-state index contributed by atoms with van der Waals surface area (Å²) >= 11 is 0. The molecule has 0 heterocycles. The van der Waals surface area contributed by atoms with Gasteiger partial charge in [0, 0.05) is 12.3 Å². The molecule has 3 heteroatoms. The van der Waals surface area contributed by atoms with E-state index in [0.29, 0.717) is 17.6 Å². The maximum absolute atomic E-state index is 12.3. The van der Waals surface area contributed by atoms with Crippen molar-refractivity contribution in [3.05, 3.63) is 0 Å². The molecule has 0 saturated heterocycles.